The SMILES string of the molecule is Cc1c(OCCCN2CC[C@@H](C(=O)O)C2)cccc1-c1ccc2nc(-c3cccc(CNCCO)c3)oc2c1. The summed E-state index contributed by atoms with van der Waals surface area (Å²) in [5, 5.41) is 21.4. The molecule has 0 unspecified atom stereocenters. The lowest BCUT2D eigenvalue weighted by atomic mass is 9.99. The van der Waals surface area contributed by atoms with Gasteiger partial charge in [-0.15, -0.1) is 0 Å². The van der Waals surface area contributed by atoms with Gasteiger partial charge in [0, 0.05) is 31.7 Å². The van der Waals surface area contributed by atoms with Crippen molar-refractivity contribution in [3.63, 3.8) is 0 Å². The highest BCUT2D eigenvalue weighted by Crippen LogP contribution is 2.33. The summed E-state index contributed by atoms with van der Waals surface area (Å²) in [5.41, 5.74) is 6.71. The van der Waals surface area contributed by atoms with E-state index in [2.05, 4.69) is 35.3 Å². The number of aromatic nitrogens is 1. The second kappa shape index (κ2) is 12.4. The maximum Gasteiger partial charge on any atom is 0.307 e. The summed E-state index contributed by atoms with van der Waals surface area (Å²) >= 11 is 0. The smallest absolute Gasteiger partial charge is 0.307 e. The number of aliphatic hydroxyl groups excluding tert-OH is 1. The molecule has 1 aliphatic heterocycles. The lowest BCUT2D eigenvalue weighted by Crippen LogP contribution is -2.25. The van der Waals surface area contributed by atoms with Gasteiger partial charge in [0.05, 0.1) is 19.1 Å². The van der Waals surface area contributed by atoms with Gasteiger partial charge in [-0.25, -0.2) is 4.98 Å². The predicted molar refractivity (Wildman–Crippen MR) is 151 cm³/mol. The first-order chi connectivity index (χ1) is 19.0. The zero-order valence-corrected chi connectivity index (χ0v) is 22.2. The highest BCUT2D eigenvalue weighted by molar-refractivity contribution is 5.83. The van der Waals surface area contributed by atoms with Crippen LogP contribution < -0.4 is 10.1 Å². The third kappa shape index (κ3) is 6.47. The Morgan fingerprint density at radius 3 is 2.85 bits per heavy atom. The third-order valence-corrected chi connectivity index (χ3v) is 7.27. The topological polar surface area (TPSA) is 108 Å². The Balaban J connectivity index is 1.25. The Morgan fingerprint density at radius 1 is 1.15 bits per heavy atom. The maximum absolute atomic E-state index is 11.2. The first-order valence-corrected chi connectivity index (χ1v) is 13.5. The molecule has 39 heavy (non-hydrogen) atoms. The summed E-state index contributed by atoms with van der Waals surface area (Å²) in [7, 11) is 0. The zero-order valence-electron chi connectivity index (χ0n) is 22.2. The summed E-state index contributed by atoms with van der Waals surface area (Å²) in [4.78, 5) is 18.1. The number of carboxylic acids is 1. The molecule has 1 fully saturated rings. The molecule has 204 valence electrons. The van der Waals surface area contributed by atoms with Gasteiger partial charge >= 0.3 is 5.97 Å². The Morgan fingerprint density at radius 2 is 2.03 bits per heavy atom. The molecule has 3 aromatic carbocycles. The Bertz CT molecular complexity index is 1430. The molecule has 0 aliphatic carbocycles. The van der Waals surface area contributed by atoms with Crippen LogP contribution in [0.1, 0.15) is 24.0 Å². The molecule has 2 heterocycles. The van der Waals surface area contributed by atoms with Crippen molar-refractivity contribution in [1.82, 2.24) is 15.2 Å². The minimum absolute atomic E-state index is 0.108. The van der Waals surface area contributed by atoms with Crippen LogP contribution in [-0.4, -0.2) is 65.5 Å². The van der Waals surface area contributed by atoms with Crippen molar-refractivity contribution in [3.05, 3.63) is 71.8 Å². The van der Waals surface area contributed by atoms with E-state index in [4.69, 9.17) is 19.2 Å². The van der Waals surface area contributed by atoms with E-state index in [0.717, 1.165) is 70.6 Å². The van der Waals surface area contributed by atoms with Crippen molar-refractivity contribution in [2.45, 2.75) is 26.3 Å². The van der Waals surface area contributed by atoms with Gasteiger partial charge in [0.1, 0.15) is 11.3 Å². The standard InChI is InChI=1S/C31H35N3O5/c1-21-26(7-3-8-28(21)38-16-4-13-34-14-11-25(20-34)31(36)37)23-9-10-27-29(18-23)39-30(33-27)24-6-2-5-22(17-24)19-32-12-15-35/h2-3,5-10,17-18,25,32,35H,4,11-16,19-20H2,1H3,(H,36,37)/t25-/m1/s1. The lowest BCUT2D eigenvalue weighted by Gasteiger charge is -2.16. The van der Waals surface area contributed by atoms with Gasteiger partial charge in [0.25, 0.3) is 0 Å². The number of oxazole rings is 1. The average molecular weight is 530 g/mol. The van der Waals surface area contributed by atoms with Crippen LogP contribution in [0.15, 0.2) is 65.1 Å². The van der Waals surface area contributed by atoms with Crippen LogP contribution >= 0.6 is 0 Å². The van der Waals surface area contributed by atoms with E-state index in [-0.39, 0.29) is 12.5 Å². The molecule has 1 saturated heterocycles. The van der Waals surface area contributed by atoms with Crippen molar-refractivity contribution in [2.24, 2.45) is 5.92 Å². The summed E-state index contributed by atoms with van der Waals surface area (Å²) in [6, 6.07) is 20.2. The molecule has 0 amide bonds. The summed E-state index contributed by atoms with van der Waals surface area (Å²) in [6.45, 7) is 6.28. The van der Waals surface area contributed by atoms with E-state index >= 15 is 0 Å². The number of aliphatic carboxylic acids is 1. The van der Waals surface area contributed by atoms with E-state index < -0.39 is 5.97 Å². The maximum atomic E-state index is 11.2. The molecular weight excluding hydrogens is 494 g/mol. The van der Waals surface area contributed by atoms with E-state index in [0.29, 0.717) is 32.1 Å². The number of carboxylic acid groups (broad SMARTS) is 1. The number of nitrogens with one attached hydrogen (secondary N) is 1. The number of nitrogens with zero attached hydrogens (tertiary/aromatic N) is 2. The molecule has 0 radical (unpaired) electrons. The molecule has 3 N–H and O–H groups in total. The van der Waals surface area contributed by atoms with Crippen molar-refractivity contribution >= 4 is 17.1 Å². The van der Waals surface area contributed by atoms with Gasteiger partial charge in [-0.1, -0.05) is 30.3 Å². The van der Waals surface area contributed by atoms with Crippen LogP contribution in [0.3, 0.4) is 0 Å². The first kappa shape index (κ1) is 26.9. The van der Waals surface area contributed by atoms with Crippen LogP contribution in [0.25, 0.3) is 33.7 Å². The zero-order chi connectivity index (χ0) is 27.2. The van der Waals surface area contributed by atoms with E-state index in [1.54, 1.807) is 0 Å². The number of ether oxygens (including phenoxy) is 1. The molecule has 1 aliphatic rings. The van der Waals surface area contributed by atoms with Gasteiger partial charge in [-0.2, -0.15) is 0 Å². The quantitative estimate of drug-likeness (QED) is 0.226. The molecule has 5 rings (SSSR count). The number of aliphatic hydroxyl groups is 1. The highest BCUT2D eigenvalue weighted by atomic mass is 16.5. The number of hydrogen-bond acceptors (Lipinski definition) is 7. The van der Waals surface area contributed by atoms with E-state index in [9.17, 15) is 9.90 Å². The Labute approximate surface area is 228 Å². The van der Waals surface area contributed by atoms with Crippen LogP contribution in [0, 0.1) is 12.8 Å². The Hall–Kier alpha value is -3.72. The molecule has 1 aromatic heterocycles. The van der Waals surface area contributed by atoms with Crippen molar-refractivity contribution in [2.75, 3.05) is 39.4 Å². The average Bonchev–Trinajstić information content (AvgIpc) is 3.59. The largest absolute Gasteiger partial charge is 0.493 e. The van der Waals surface area contributed by atoms with Gasteiger partial charge < -0.3 is 29.6 Å². The minimum Gasteiger partial charge on any atom is -0.493 e. The minimum atomic E-state index is -0.696. The molecular formula is C31H35N3O5. The third-order valence-electron chi connectivity index (χ3n) is 7.27. The van der Waals surface area contributed by atoms with Gasteiger partial charge in [0.2, 0.25) is 5.89 Å². The summed E-state index contributed by atoms with van der Waals surface area (Å²) in [5.74, 6) is 0.486. The number of carbonyl (C=O) groups is 1. The lowest BCUT2D eigenvalue weighted by molar-refractivity contribution is -0.141. The van der Waals surface area contributed by atoms with E-state index in [1.165, 1.54) is 0 Å². The fourth-order valence-corrected chi connectivity index (χ4v) is 5.13. The molecule has 8 nitrogen and oxygen atoms in total. The molecule has 0 spiro atoms. The number of hydrogen-bond donors (Lipinski definition) is 3. The number of fused-ring (bicyclic) bond motifs is 1. The normalized spacial score (nSPS) is 15.7. The number of benzene rings is 3. The molecule has 1 atom stereocenters. The summed E-state index contributed by atoms with van der Waals surface area (Å²) < 4.78 is 12.3. The first-order valence-electron chi connectivity index (χ1n) is 13.5. The van der Waals surface area contributed by atoms with Crippen molar-refractivity contribution in [1.29, 1.82) is 0 Å². The second-order valence-electron chi connectivity index (χ2n) is 10.1. The molecule has 0 bridgehead atoms. The number of likely N-dealkylation sites (tertiary alicyclic amines) is 1. The van der Waals surface area contributed by atoms with Crippen molar-refractivity contribution < 1.29 is 24.2 Å². The molecule has 4 aromatic rings. The molecule has 0 saturated carbocycles. The van der Waals surface area contributed by atoms with Crippen LogP contribution in [0.4, 0.5) is 0 Å². The number of rotatable bonds is 12. The van der Waals surface area contributed by atoms with Crippen molar-refractivity contribution in [3.8, 4) is 28.3 Å². The van der Waals surface area contributed by atoms with Crippen LogP contribution in [0.5, 0.6) is 5.75 Å². The predicted octanol–water partition coefficient (Wildman–Crippen LogP) is 4.73. The Kier molecular flexibility index (Phi) is 8.56. The van der Waals surface area contributed by atoms with Crippen LogP contribution in [-0.2, 0) is 11.3 Å². The van der Waals surface area contributed by atoms with Gasteiger partial charge in [-0.05, 0) is 78.9 Å². The van der Waals surface area contributed by atoms with Gasteiger partial charge in [0.15, 0.2) is 5.58 Å². The fourth-order valence-electron chi connectivity index (χ4n) is 5.13. The van der Waals surface area contributed by atoms with Crippen LogP contribution in [0.2, 0.25) is 0 Å². The van der Waals surface area contributed by atoms with Gasteiger partial charge in [-0.3, -0.25) is 4.79 Å². The fraction of sp³-hybridized carbons (Fsp3) is 0.355. The summed E-state index contributed by atoms with van der Waals surface area (Å²) in [6.07, 6.45) is 1.57. The highest BCUT2D eigenvalue weighted by Gasteiger charge is 2.27. The second-order valence-corrected chi connectivity index (χ2v) is 10.1. The van der Waals surface area contributed by atoms with E-state index in [1.807, 2.05) is 42.5 Å². The monoisotopic (exact) mass is 529 g/mol. The molecule has 8 heteroatoms.